The average Bonchev–Trinajstić information content (AvgIpc) is 2.81. The van der Waals surface area contributed by atoms with E-state index >= 15 is 0 Å². The van der Waals surface area contributed by atoms with Gasteiger partial charge in [0.2, 0.25) is 0 Å². The highest BCUT2D eigenvalue weighted by Crippen LogP contribution is 2.36. The standard InChI is InChI=1S/C28H21N/c1-4-12-21(13-5-1)20-26-24-18-10-11-19-25(24)27(22-14-6-2-7-15-22)29-28(26)23-16-8-3-9-17-23/h1-19H,20H2. The first-order chi connectivity index (χ1) is 14.4. The van der Waals surface area contributed by atoms with Crippen molar-refractivity contribution in [2.24, 2.45) is 0 Å². The Balaban J connectivity index is 1.82. The lowest BCUT2D eigenvalue weighted by molar-refractivity contribution is 1.18. The van der Waals surface area contributed by atoms with Gasteiger partial charge < -0.3 is 0 Å². The maximum absolute atomic E-state index is 5.24. The summed E-state index contributed by atoms with van der Waals surface area (Å²) in [5, 5.41) is 2.47. The minimum absolute atomic E-state index is 0.855. The summed E-state index contributed by atoms with van der Waals surface area (Å²) in [4.78, 5) is 5.24. The topological polar surface area (TPSA) is 12.9 Å². The van der Waals surface area contributed by atoms with Crippen LogP contribution in [0.1, 0.15) is 11.1 Å². The molecule has 0 amide bonds. The Morgan fingerprint density at radius 1 is 0.448 bits per heavy atom. The zero-order valence-corrected chi connectivity index (χ0v) is 16.1. The van der Waals surface area contributed by atoms with Crippen molar-refractivity contribution in [3.63, 3.8) is 0 Å². The molecule has 0 atom stereocenters. The molecule has 0 radical (unpaired) electrons. The molecule has 5 rings (SSSR count). The minimum Gasteiger partial charge on any atom is -0.247 e. The lowest BCUT2D eigenvalue weighted by Crippen LogP contribution is -2.00. The Labute approximate surface area is 171 Å². The van der Waals surface area contributed by atoms with Crippen LogP contribution >= 0.6 is 0 Å². The van der Waals surface area contributed by atoms with Gasteiger partial charge in [0, 0.05) is 22.9 Å². The van der Waals surface area contributed by atoms with Crippen LogP contribution in [0.15, 0.2) is 115 Å². The summed E-state index contributed by atoms with van der Waals surface area (Å²) < 4.78 is 0. The molecule has 0 saturated heterocycles. The van der Waals surface area contributed by atoms with Gasteiger partial charge in [-0.2, -0.15) is 0 Å². The summed E-state index contributed by atoms with van der Waals surface area (Å²) in [7, 11) is 0. The molecule has 0 aliphatic heterocycles. The predicted molar refractivity (Wildman–Crippen MR) is 122 cm³/mol. The molecule has 0 unspecified atom stereocenters. The lowest BCUT2D eigenvalue weighted by Gasteiger charge is -2.17. The summed E-state index contributed by atoms with van der Waals surface area (Å²) in [6, 6.07) is 40.3. The molecular formula is C28H21N. The average molecular weight is 371 g/mol. The van der Waals surface area contributed by atoms with Crippen molar-refractivity contribution in [1.82, 2.24) is 4.98 Å². The number of nitrogens with zero attached hydrogens (tertiary/aromatic N) is 1. The van der Waals surface area contributed by atoms with Crippen LogP contribution in [0.5, 0.6) is 0 Å². The lowest BCUT2D eigenvalue weighted by atomic mass is 9.92. The molecule has 0 N–H and O–H groups in total. The van der Waals surface area contributed by atoms with Crippen LogP contribution in [0, 0.1) is 0 Å². The van der Waals surface area contributed by atoms with Gasteiger partial charge in [-0.25, -0.2) is 4.98 Å². The molecule has 0 fully saturated rings. The number of aromatic nitrogens is 1. The first-order valence-electron chi connectivity index (χ1n) is 9.96. The normalized spacial score (nSPS) is 10.9. The van der Waals surface area contributed by atoms with E-state index in [0.717, 1.165) is 28.9 Å². The molecule has 138 valence electrons. The zero-order chi connectivity index (χ0) is 19.5. The summed E-state index contributed by atoms with van der Waals surface area (Å²) in [6.07, 6.45) is 0.855. The van der Waals surface area contributed by atoms with E-state index < -0.39 is 0 Å². The number of fused-ring (bicyclic) bond motifs is 1. The minimum atomic E-state index is 0.855. The largest absolute Gasteiger partial charge is 0.247 e. The van der Waals surface area contributed by atoms with E-state index in [0.29, 0.717) is 0 Å². The molecule has 5 aromatic rings. The Hall–Kier alpha value is -3.71. The third-order valence-corrected chi connectivity index (χ3v) is 5.33. The summed E-state index contributed by atoms with van der Waals surface area (Å²) in [6.45, 7) is 0. The highest BCUT2D eigenvalue weighted by Gasteiger charge is 2.16. The van der Waals surface area contributed by atoms with Crippen LogP contribution in [0.3, 0.4) is 0 Å². The van der Waals surface area contributed by atoms with E-state index in [1.807, 2.05) is 6.07 Å². The van der Waals surface area contributed by atoms with E-state index in [-0.39, 0.29) is 0 Å². The summed E-state index contributed by atoms with van der Waals surface area (Å²) in [5.74, 6) is 0. The van der Waals surface area contributed by atoms with Gasteiger partial charge in [0.15, 0.2) is 0 Å². The Morgan fingerprint density at radius 2 is 0.931 bits per heavy atom. The van der Waals surface area contributed by atoms with E-state index in [9.17, 15) is 0 Å². The number of benzene rings is 4. The SMILES string of the molecule is c1ccc(Cc2c(-c3ccccc3)nc(-c3ccccc3)c3ccccc23)cc1. The van der Waals surface area contributed by atoms with Crippen LogP contribution in [0.4, 0.5) is 0 Å². The Bertz CT molecular complexity index is 1240. The monoisotopic (exact) mass is 371 g/mol. The summed E-state index contributed by atoms with van der Waals surface area (Å²) >= 11 is 0. The van der Waals surface area contributed by atoms with E-state index in [1.165, 1.54) is 21.9 Å². The quantitative estimate of drug-likeness (QED) is 0.326. The molecule has 0 aliphatic rings. The Morgan fingerprint density at radius 3 is 1.55 bits per heavy atom. The van der Waals surface area contributed by atoms with Gasteiger partial charge >= 0.3 is 0 Å². The maximum Gasteiger partial charge on any atom is 0.0788 e. The van der Waals surface area contributed by atoms with Gasteiger partial charge in [0.05, 0.1) is 11.4 Å². The molecule has 1 heteroatoms. The molecule has 1 heterocycles. The van der Waals surface area contributed by atoms with E-state index in [2.05, 4.69) is 109 Å². The van der Waals surface area contributed by atoms with Crippen LogP contribution < -0.4 is 0 Å². The first kappa shape index (κ1) is 17.4. The predicted octanol–water partition coefficient (Wildman–Crippen LogP) is 7.16. The number of pyridine rings is 1. The molecular weight excluding hydrogens is 350 g/mol. The molecule has 1 nitrogen and oxygen atoms in total. The smallest absolute Gasteiger partial charge is 0.0788 e. The fraction of sp³-hybridized carbons (Fsp3) is 0.0357. The second kappa shape index (κ2) is 7.73. The van der Waals surface area contributed by atoms with Gasteiger partial charge in [-0.3, -0.25) is 0 Å². The van der Waals surface area contributed by atoms with Crippen LogP contribution in [0.25, 0.3) is 33.3 Å². The van der Waals surface area contributed by atoms with E-state index in [4.69, 9.17) is 4.98 Å². The fourth-order valence-electron chi connectivity index (χ4n) is 3.95. The fourth-order valence-corrected chi connectivity index (χ4v) is 3.95. The van der Waals surface area contributed by atoms with Crippen LogP contribution in [-0.2, 0) is 6.42 Å². The number of hydrogen-bond donors (Lipinski definition) is 0. The Kier molecular flexibility index (Phi) is 4.63. The molecule has 1 aromatic heterocycles. The number of rotatable bonds is 4. The van der Waals surface area contributed by atoms with Crippen molar-refractivity contribution in [3.8, 4) is 22.5 Å². The van der Waals surface area contributed by atoms with E-state index in [1.54, 1.807) is 0 Å². The zero-order valence-electron chi connectivity index (χ0n) is 16.1. The molecule has 0 spiro atoms. The van der Waals surface area contributed by atoms with Crippen LogP contribution in [0.2, 0.25) is 0 Å². The second-order valence-electron chi connectivity index (χ2n) is 7.23. The summed E-state index contributed by atoms with van der Waals surface area (Å²) in [5.41, 5.74) is 6.97. The van der Waals surface area contributed by atoms with Crippen molar-refractivity contribution in [3.05, 3.63) is 126 Å². The molecule has 0 saturated carbocycles. The highest BCUT2D eigenvalue weighted by molar-refractivity contribution is 5.99. The second-order valence-corrected chi connectivity index (χ2v) is 7.23. The van der Waals surface area contributed by atoms with Crippen molar-refractivity contribution in [1.29, 1.82) is 0 Å². The third kappa shape index (κ3) is 3.43. The van der Waals surface area contributed by atoms with Gasteiger partial charge in [0.1, 0.15) is 0 Å². The molecule has 29 heavy (non-hydrogen) atoms. The number of hydrogen-bond acceptors (Lipinski definition) is 1. The van der Waals surface area contributed by atoms with Gasteiger partial charge in [0.25, 0.3) is 0 Å². The molecule has 0 bridgehead atoms. The molecule has 0 aliphatic carbocycles. The maximum atomic E-state index is 5.24. The van der Waals surface area contributed by atoms with Gasteiger partial charge in [-0.05, 0) is 16.5 Å². The molecule has 4 aromatic carbocycles. The van der Waals surface area contributed by atoms with Crippen molar-refractivity contribution < 1.29 is 0 Å². The van der Waals surface area contributed by atoms with Crippen molar-refractivity contribution >= 4 is 10.8 Å². The van der Waals surface area contributed by atoms with Gasteiger partial charge in [-0.1, -0.05) is 115 Å². The first-order valence-corrected chi connectivity index (χ1v) is 9.96. The van der Waals surface area contributed by atoms with Gasteiger partial charge in [-0.15, -0.1) is 0 Å². The van der Waals surface area contributed by atoms with Crippen molar-refractivity contribution in [2.45, 2.75) is 6.42 Å². The third-order valence-electron chi connectivity index (χ3n) is 5.33. The van der Waals surface area contributed by atoms with Crippen molar-refractivity contribution in [2.75, 3.05) is 0 Å². The highest BCUT2D eigenvalue weighted by atomic mass is 14.7. The van der Waals surface area contributed by atoms with Crippen LogP contribution in [-0.4, -0.2) is 4.98 Å².